The van der Waals surface area contributed by atoms with Crippen molar-refractivity contribution in [1.29, 1.82) is 0 Å². The molecule has 9 nitrogen and oxygen atoms in total. The van der Waals surface area contributed by atoms with Crippen molar-refractivity contribution in [3.05, 3.63) is 45.8 Å². The van der Waals surface area contributed by atoms with Crippen LogP contribution in [0.5, 0.6) is 5.75 Å². The number of primary amides is 1. The Kier molecular flexibility index (Phi) is 4.89. The molecule has 1 atom stereocenters. The fraction of sp³-hybridized carbons (Fsp3) is 0.364. The molecule has 1 aliphatic carbocycles. The fourth-order valence-corrected chi connectivity index (χ4v) is 6.05. The molecule has 1 saturated heterocycles. The maximum Gasteiger partial charge on any atom is 0.325 e. The zero-order valence-electron chi connectivity index (χ0n) is 17.2. The molecule has 4 N–H and O–H groups in total. The molecule has 5 amide bonds. The first-order valence-corrected chi connectivity index (χ1v) is 11.3. The molecule has 2 aromatic rings. The number of anilines is 1. The van der Waals surface area contributed by atoms with Gasteiger partial charge in [0.05, 0.1) is 12.2 Å². The van der Waals surface area contributed by atoms with Crippen LogP contribution >= 0.6 is 11.3 Å². The number of carbonyl (C=O) groups is 4. The number of fused-ring (bicyclic) bond motifs is 3. The van der Waals surface area contributed by atoms with Gasteiger partial charge in [0.1, 0.15) is 17.3 Å². The molecule has 0 saturated carbocycles. The first kappa shape index (κ1) is 20.5. The lowest BCUT2D eigenvalue weighted by Gasteiger charge is -2.33. The van der Waals surface area contributed by atoms with E-state index < -0.39 is 35.8 Å². The number of benzene rings is 1. The normalized spacial score (nSPS) is 21.6. The Morgan fingerprint density at radius 3 is 2.81 bits per heavy atom. The van der Waals surface area contributed by atoms with Gasteiger partial charge in [-0.05, 0) is 37.3 Å². The third kappa shape index (κ3) is 3.13. The molecule has 10 heteroatoms. The fourth-order valence-electron chi connectivity index (χ4n) is 4.74. The number of hydrogen-bond donors (Lipinski definition) is 3. The molecule has 32 heavy (non-hydrogen) atoms. The molecule has 2 aliphatic heterocycles. The number of nitrogens with two attached hydrogens (primary N) is 1. The highest BCUT2D eigenvalue weighted by atomic mass is 32.1. The highest BCUT2D eigenvalue weighted by Gasteiger charge is 2.55. The van der Waals surface area contributed by atoms with Crippen molar-refractivity contribution in [3.8, 4) is 5.75 Å². The predicted octanol–water partition coefficient (Wildman–Crippen LogP) is 1.89. The number of carbonyl (C=O) groups excluding carboxylic acids is 4. The van der Waals surface area contributed by atoms with Gasteiger partial charge in [-0.2, -0.15) is 0 Å². The SMILES string of the molecule is NC(=O)c1c(NC(=O)CN2C(=O)NC3(CCOc4ccccc43)C2=O)sc2c1CCCC2. The minimum Gasteiger partial charge on any atom is -0.493 e. The van der Waals surface area contributed by atoms with Crippen LogP contribution in [-0.4, -0.2) is 41.8 Å². The molecular weight excluding hydrogens is 432 g/mol. The number of ether oxygens (including phenoxy) is 1. The van der Waals surface area contributed by atoms with E-state index in [1.54, 1.807) is 24.3 Å². The summed E-state index contributed by atoms with van der Waals surface area (Å²) in [6, 6.07) is 6.41. The van der Waals surface area contributed by atoms with Gasteiger partial charge in [-0.15, -0.1) is 11.3 Å². The zero-order chi connectivity index (χ0) is 22.5. The van der Waals surface area contributed by atoms with E-state index in [-0.39, 0.29) is 13.0 Å². The Hall–Kier alpha value is -3.40. The van der Waals surface area contributed by atoms with E-state index in [4.69, 9.17) is 10.5 Å². The van der Waals surface area contributed by atoms with E-state index in [0.717, 1.165) is 41.0 Å². The summed E-state index contributed by atoms with van der Waals surface area (Å²) >= 11 is 1.34. The molecule has 3 aliphatic rings. The van der Waals surface area contributed by atoms with Gasteiger partial charge in [-0.1, -0.05) is 18.2 Å². The van der Waals surface area contributed by atoms with E-state index in [1.807, 2.05) is 0 Å². The van der Waals surface area contributed by atoms with Crippen LogP contribution in [0.15, 0.2) is 24.3 Å². The number of nitrogens with one attached hydrogen (secondary N) is 2. The van der Waals surface area contributed by atoms with Crippen molar-refractivity contribution in [1.82, 2.24) is 10.2 Å². The summed E-state index contributed by atoms with van der Waals surface area (Å²) < 4.78 is 5.62. The summed E-state index contributed by atoms with van der Waals surface area (Å²) in [5.74, 6) is -1.11. The van der Waals surface area contributed by atoms with Gasteiger partial charge in [-0.25, -0.2) is 4.79 Å². The Balaban J connectivity index is 1.37. The summed E-state index contributed by atoms with van der Waals surface area (Å²) in [4.78, 5) is 52.8. The van der Waals surface area contributed by atoms with Crippen molar-refractivity contribution in [2.24, 2.45) is 5.73 Å². The molecule has 0 radical (unpaired) electrons. The van der Waals surface area contributed by atoms with Crippen molar-refractivity contribution >= 4 is 40.1 Å². The average molecular weight is 455 g/mol. The highest BCUT2D eigenvalue weighted by molar-refractivity contribution is 7.17. The molecule has 3 heterocycles. The monoisotopic (exact) mass is 454 g/mol. The quantitative estimate of drug-likeness (QED) is 0.608. The minimum atomic E-state index is -1.24. The van der Waals surface area contributed by atoms with Crippen molar-refractivity contribution < 1.29 is 23.9 Å². The van der Waals surface area contributed by atoms with Gasteiger partial charge in [0, 0.05) is 16.9 Å². The Morgan fingerprint density at radius 1 is 1.22 bits per heavy atom. The smallest absolute Gasteiger partial charge is 0.325 e. The second-order valence-electron chi connectivity index (χ2n) is 8.15. The third-order valence-electron chi connectivity index (χ3n) is 6.23. The summed E-state index contributed by atoms with van der Waals surface area (Å²) in [5, 5.41) is 5.86. The van der Waals surface area contributed by atoms with Crippen LogP contribution in [0.25, 0.3) is 0 Å². The second kappa shape index (κ2) is 7.63. The van der Waals surface area contributed by atoms with Gasteiger partial charge in [0.15, 0.2) is 5.54 Å². The zero-order valence-corrected chi connectivity index (χ0v) is 18.0. The van der Waals surface area contributed by atoms with Crippen LogP contribution in [0.3, 0.4) is 0 Å². The Labute approximate surface area is 187 Å². The maximum absolute atomic E-state index is 13.3. The standard InChI is InChI=1S/C22H22N4O5S/c23-18(28)17-12-5-1-4-8-15(12)32-19(17)24-16(27)11-26-20(29)22(25-21(26)30)9-10-31-14-7-3-2-6-13(14)22/h2-3,6-7H,1,4-5,8-11H2,(H2,23,28)(H,24,27)(H,25,30). The minimum absolute atomic E-state index is 0.270. The number of aryl methyl sites for hydroxylation is 1. The van der Waals surface area contributed by atoms with Crippen molar-refractivity contribution in [3.63, 3.8) is 0 Å². The van der Waals surface area contributed by atoms with Crippen molar-refractivity contribution in [2.75, 3.05) is 18.5 Å². The third-order valence-corrected chi connectivity index (χ3v) is 7.44. The van der Waals surface area contributed by atoms with E-state index in [1.165, 1.54) is 11.3 Å². The van der Waals surface area contributed by atoms with Crippen LogP contribution in [-0.2, 0) is 28.0 Å². The van der Waals surface area contributed by atoms with E-state index in [9.17, 15) is 19.2 Å². The topological polar surface area (TPSA) is 131 Å². The molecule has 1 aromatic heterocycles. The summed E-state index contributed by atoms with van der Waals surface area (Å²) in [6.07, 6.45) is 3.85. The van der Waals surface area contributed by atoms with Crippen molar-refractivity contribution in [2.45, 2.75) is 37.6 Å². The van der Waals surface area contributed by atoms with Crippen LogP contribution in [0.1, 0.15) is 45.6 Å². The van der Waals surface area contributed by atoms with Gasteiger partial charge in [0.25, 0.3) is 11.8 Å². The molecule has 1 unspecified atom stereocenters. The predicted molar refractivity (Wildman–Crippen MR) is 117 cm³/mol. The Bertz CT molecular complexity index is 1160. The molecule has 1 spiro atoms. The summed E-state index contributed by atoms with van der Waals surface area (Å²) in [5.41, 5.74) is 6.15. The summed E-state index contributed by atoms with van der Waals surface area (Å²) in [6.45, 7) is -0.192. The number of rotatable bonds is 4. The number of para-hydroxylation sites is 1. The molecule has 5 rings (SSSR count). The molecule has 1 fully saturated rings. The number of hydrogen-bond acceptors (Lipinski definition) is 6. The Morgan fingerprint density at radius 2 is 2.00 bits per heavy atom. The number of thiophene rings is 1. The lowest BCUT2D eigenvalue weighted by Crippen LogP contribution is -2.48. The van der Waals surface area contributed by atoms with Gasteiger partial charge >= 0.3 is 6.03 Å². The van der Waals surface area contributed by atoms with Gasteiger partial charge < -0.3 is 21.1 Å². The van der Waals surface area contributed by atoms with Crippen LogP contribution in [0.2, 0.25) is 0 Å². The second-order valence-corrected chi connectivity index (χ2v) is 9.25. The first-order valence-electron chi connectivity index (χ1n) is 10.5. The number of urea groups is 1. The molecule has 166 valence electrons. The molecular formula is C22H22N4O5S. The number of imide groups is 1. The summed E-state index contributed by atoms with van der Waals surface area (Å²) in [7, 11) is 0. The average Bonchev–Trinajstić information content (AvgIpc) is 3.24. The van der Waals surface area contributed by atoms with Gasteiger partial charge in [0.2, 0.25) is 5.91 Å². The van der Waals surface area contributed by atoms with E-state index >= 15 is 0 Å². The number of nitrogens with zero attached hydrogens (tertiary/aromatic N) is 1. The number of amides is 5. The van der Waals surface area contributed by atoms with E-state index in [2.05, 4.69) is 10.6 Å². The lowest BCUT2D eigenvalue weighted by atomic mass is 9.84. The molecule has 0 bridgehead atoms. The van der Waals surface area contributed by atoms with Crippen LogP contribution < -0.4 is 21.1 Å². The highest BCUT2D eigenvalue weighted by Crippen LogP contribution is 2.41. The lowest BCUT2D eigenvalue weighted by molar-refractivity contribution is -0.135. The first-order chi connectivity index (χ1) is 15.4. The van der Waals surface area contributed by atoms with E-state index in [0.29, 0.717) is 21.9 Å². The van der Waals surface area contributed by atoms with Crippen LogP contribution in [0.4, 0.5) is 9.80 Å². The maximum atomic E-state index is 13.3. The van der Waals surface area contributed by atoms with Gasteiger partial charge in [-0.3, -0.25) is 19.3 Å². The van der Waals surface area contributed by atoms with Crippen LogP contribution in [0, 0.1) is 0 Å². The molecule has 1 aromatic carbocycles. The largest absolute Gasteiger partial charge is 0.493 e.